The van der Waals surface area contributed by atoms with Crippen LogP contribution in [0.2, 0.25) is 0 Å². The fourth-order valence-corrected chi connectivity index (χ4v) is 0.849. The van der Waals surface area contributed by atoms with Gasteiger partial charge in [0, 0.05) is 0 Å². The molecule has 0 amide bonds. The Morgan fingerprint density at radius 2 is 2.00 bits per heavy atom. The average Bonchev–Trinajstić information content (AvgIpc) is 1.87. The van der Waals surface area contributed by atoms with Crippen molar-refractivity contribution in [3.63, 3.8) is 0 Å². The summed E-state index contributed by atoms with van der Waals surface area (Å²) in [6.45, 7) is 8.08. The van der Waals surface area contributed by atoms with Gasteiger partial charge < -0.3 is 5.11 Å². The van der Waals surface area contributed by atoms with Gasteiger partial charge in [-0.3, -0.25) is 0 Å². The third-order valence-electron chi connectivity index (χ3n) is 2.00. The molecule has 0 rings (SSSR count). The Kier molecular flexibility index (Phi) is 4.43. The SMILES string of the molecule is CC[C@@](C)(O)CCC=C(C)C. The van der Waals surface area contributed by atoms with Crippen molar-refractivity contribution < 1.29 is 5.11 Å². The second-order valence-electron chi connectivity index (χ2n) is 3.67. The monoisotopic (exact) mass is 156 g/mol. The minimum absolute atomic E-state index is 0.466. The van der Waals surface area contributed by atoms with Gasteiger partial charge in [-0.15, -0.1) is 0 Å². The molecule has 11 heavy (non-hydrogen) atoms. The van der Waals surface area contributed by atoms with Gasteiger partial charge in [0.25, 0.3) is 0 Å². The lowest BCUT2D eigenvalue weighted by atomic mass is 9.97. The Labute approximate surface area is 70.1 Å². The molecule has 0 saturated heterocycles. The van der Waals surface area contributed by atoms with Crippen LogP contribution in [-0.2, 0) is 0 Å². The molecule has 0 spiro atoms. The lowest BCUT2D eigenvalue weighted by Crippen LogP contribution is -2.21. The van der Waals surface area contributed by atoms with Gasteiger partial charge in [-0.1, -0.05) is 18.6 Å². The fourth-order valence-electron chi connectivity index (χ4n) is 0.849. The summed E-state index contributed by atoms with van der Waals surface area (Å²) in [6.07, 6.45) is 4.87. The minimum atomic E-state index is -0.466. The summed E-state index contributed by atoms with van der Waals surface area (Å²) in [5.41, 5.74) is 0.864. The Morgan fingerprint density at radius 1 is 1.45 bits per heavy atom. The molecular formula is C10H20O. The van der Waals surface area contributed by atoms with Gasteiger partial charge in [0.05, 0.1) is 5.60 Å². The molecule has 0 saturated carbocycles. The molecule has 1 N–H and O–H groups in total. The molecule has 0 aliphatic heterocycles. The third kappa shape index (κ3) is 6.11. The molecule has 0 bridgehead atoms. The van der Waals surface area contributed by atoms with E-state index in [1.54, 1.807) is 0 Å². The van der Waals surface area contributed by atoms with E-state index < -0.39 is 5.60 Å². The van der Waals surface area contributed by atoms with E-state index in [1.807, 2.05) is 13.8 Å². The zero-order valence-electron chi connectivity index (χ0n) is 8.15. The second kappa shape index (κ2) is 4.55. The number of allylic oxidation sites excluding steroid dienone is 2. The van der Waals surface area contributed by atoms with Crippen molar-refractivity contribution in [1.82, 2.24) is 0 Å². The molecule has 0 aliphatic rings. The van der Waals surface area contributed by atoms with Gasteiger partial charge in [-0.2, -0.15) is 0 Å². The van der Waals surface area contributed by atoms with E-state index in [-0.39, 0.29) is 0 Å². The Bertz CT molecular complexity index is 130. The Balaban J connectivity index is 3.62. The van der Waals surface area contributed by atoms with Crippen molar-refractivity contribution in [2.45, 2.75) is 52.6 Å². The Hall–Kier alpha value is -0.300. The molecular weight excluding hydrogens is 136 g/mol. The molecule has 1 heteroatoms. The fraction of sp³-hybridized carbons (Fsp3) is 0.800. The van der Waals surface area contributed by atoms with E-state index in [4.69, 9.17) is 0 Å². The van der Waals surface area contributed by atoms with E-state index >= 15 is 0 Å². The van der Waals surface area contributed by atoms with Crippen molar-refractivity contribution >= 4 is 0 Å². The quantitative estimate of drug-likeness (QED) is 0.620. The van der Waals surface area contributed by atoms with Crippen LogP contribution in [0.25, 0.3) is 0 Å². The molecule has 0 radical (unpaired) electrons. The van der Waals surface area contributed by atoms with Crippen molar-refractivity contribution in [2.75, 3.05) is 0 Å². The van der Waals surface area contributed by atoms with E-state index in [2.05, 4.69) is 19.9 Å². The van der Waals surface area contributed by atoms with E-state index in [0.29, 0.717) is 0 Å². The van der Waals surface area contributed by atoms with Gasteiger partial charge in [0.15, 0.2) is 0 Å². The summed E-state index contributed by atoms with van der Waals surface area (Å²) in [6, 6.07) is 0. The molecule has 0 aromatic carbocycles. The first-order valence-corrected chi connectivity index (χ1v) is 4.33. The highest BCUT2D eigenvalue weighted by Gasteiger charge is 2.15. The molecule has 0 heterocycles. The van der Waals surface area contributed by atoms with Crippen LogP contribution in [0.5, 0.6) is 0 Å². The summed E-state index contributed by atoms with van der Waals surface area (Å²) >= 11 is 0. The van der Waals surface area contributed by atoms with Gasteiger partial charge in [0.1, 0.15) is 0 Å². The maximum Gasteiger partial charge on any atom is 0.0620 e. The predicted molar refractivity (Wildman–Crippen MR) is 49.6 cm³/mol. The number of hydrogen-bond donors (Lipinski definition) is 1. The first kappa shape index (κ1) is 10.7. The standard InChI is InChI=1S/C10H20O/c1-5-10(4,11)8-6-7-9(2)3/h7,11H,5-6,8H2,1-4H3/t10-/m1/s1. The molecule has 0 aliphatic carbocycles. The average molecular weight is 156 g/mol. The van der Waals surface area contributed by atoms with Crippen molar-refractivity contribution in [2.24, 2.45) is 0 Å². The minimum Gasteiger partial charge on any atom is -0.390 e. The molecule has 0 aromatic heterocycles. The molecule has 1 nitrogen and oxygen atoms in total. The van der Waals surface area contributed by atoms with Crippen molar-refractivity contribution in [3.05, 3.63) is 11.6 Å². The van der Waals surface area contributed by atoms with E-state index in [9.17, 15) is 5.11 Å². The van der Waals surface area contributed by atoms with Gasteiger partial charge >= 0.3 is 0 Å². The number of hydrogen-bond acceptors (Lipinski definition) is 1. The van der Waals surface area contributed by atoms with Crippen LogP contribution in [-0.4, -0.2) is 10.7 Å². The molecule has 0 unspecified atom stereocenters. The molecule has 0 fully saturated rings. The van der Waals surface area contributed by atoms with Crippen LogP contribution in [0.3, 0.4) is 0 Å². The molecule has 0 aromatic rings. The first-order chi connectivity index (χ1) is 4.98. The molecule has 1 atom stereocenters. The van der Waals surface area contributed by atoms with Gasteiger partial charge in [-0.25, -0.2) is 0 Å². The maximum absolute atomic E-state index is 9.61. The zero-order chi connectivity index (χ0) is 8.91. The van der Waals surface area contributed by atoms with Gasteiger partial charge in [-0.05, 0) is 40.0 Å². The normalized spacial score (nSPS) is 15.7. The second-order valence-corrected chi connectivity index (χ2v) is 3.67. The third-order valence-corrected chi connectivity index (χ3v) is 2.00. The highest BCUT2D eigenvalue weighted by Crippen LogP contribution is 2.16. The summed E-state index contributed by atoms with van der Waals surface area (Å²) in [7, 11) is 0. The highest BCUT2D eigenvalue weighted by molar-refractivity contribution is 4.93. The van der Waals surface area contributed by atoms with E-state index in [0.717, 1.165) is 19.3 Å². The van der Waals surface area contributed by atoms with Crippen LogP contribution in [0.4, 0.5) is 0 Å². The number of rotatable bonds is 4. The maximum atomic E-state index is 9.61. The van der Waals surface area contributed by atoms with Crippen LogP contribution in [0.1, 0.15) is 47.0 Å². The first-order valence-electron chi connectivity index (χ1n) is 4.33. The summed E-state index contributed by atoms with van der Waals surface area (Å²) in [5, 5.41) is 9.61. The number of aliphatic hydroxyl groups is 1. The summed E-state index contributed by atoms with van der Waals surface area (Å²) in [4.78, 5) is 0. The van der Waals surface area contributed by atoms with Crippen molar-refractivity contribution in [3.8, 4) is 0 Å². The van der Waals surface area contributed by atoms with Crippen LogP contribution < -0.4 is 0 Å². The Morgan fingerprint density at radius 3 is 2.36 bits per heavy atom. The lowest BCUT2D eigenvalue weighted by molar-refractivity contribution is 0.0480. The summed E-state index contributed by atoms with van der Waals surface area (Å²) in [5.74, 6) is 0. The zero-order valence-corrected chi connectivity index (χ0v) is 8.15. The van der Waals surface area contributed by atoms with Crippen LogP contribution in [0, 0.1) is 0 Å². The smallest absolute Gasteiger partial charge is 0.0620 e. The van der Waals surface area contributed by atoms with Gasteiger partial charge in [0.2, 0.25) is 0 Å². The topological polar surface area (TPSA) is 20.2 Å². The van der Waals surface area contributed by atoms with Crippen LogP contribution >= 0.6 is 0 Å². The predicted octanol–water partition coefficient (Wildman–Crippen LogP) is 2.89. The summed E-state index contributed by atoms with van der Waals surface area (Å²) < 4.78 is 0. The molecule has 66 valence electrons. The van der Waals surface area contributed by atoms with Crippen LogP contribution in [0.15, 0.2) is 11.6 Å². The van der Waals surface area contributed by atoms with E-state index in [1.165, 1.54) is 5.57 Å². The largest absolute Gasteiger partial charge is 0.390 e. The highest BCUT2D eigenvalue weighted by atomic mass is 16.3. The van der Waals surface area contributed by atoms with Crippen molar-refractivity contribution in [1.29, 1.82) is 0 Å². The lowest BCUT2D eigenvalue weighted by Gasteiger charge is -2.19.